The Morgan fingerprint density at radius 2 is 1.57 bits per heavy atom. The number of rotatable bonds is 12. The minimum atomic E-state index is -1.22. The molecule has 0 saturated carbocycles. The number of aliphatic hydroxyl groups is 1. The van der Waals surface area contributed by atoms with Gasteiger partial charge < -0.3 is 31.1 Å². The van der Waals surface area contributed by atoms with E-state index in [4.69, 9.17) is 0 Å². The van der Waals surface area contributed by atoms with Crippen LogP contribution in [0.5, 0.6) is 0 Å². The van der Waals surface area contributed by atoms with Crippen molar-refractivity contribution in [2.45, 2.75) is 63.8 Å². The third-order valence-electron chi connectivity index (χ3n) is 6.62. The van der Waals surface area contributed by atoms with E-state index in [1.54, 1.807) is 4.90 Å². The molecule has 2 aromatic carbocycles. The fourth-order valence-electron chi connectivity index (χ4n) is 4.86. The number of carboxylic acid groups (broad SMARTS) is 1. The van der Waals surface area contributed by atoms with Crippen LogP contribution in [-0.2, 0) is 17.6 Å². The quantitative estimate of drug-likeness (QED) is 0.300. The Balaban J connectivity index is 1.79. The second-order valence-corrected chi connectivity index (χ2v) is 9.91. The van der Waals surface area contributed by atoms with Crippen LogP contribution < -0.4 is 16.0 Å². The van der Waals surface area contributed by atoms with Crippen molar-refractivity contribution in [2.75, 3.05) is 13.1 Å². The SMILES string of the molecule is CC(C)[C@@H](C(=O)NC(Cc1ccccc1)CC(O)C(Cc1ccccc1)NC(=O)O)N1CCCNC1=O. The molecule has 0 spiro atoms. The third kappa shape index (κ3) is 8.49. The highest BCUT2D eigenvalue weighted by Crippen LogP contribution is 2.18. The number of hydrogen-bond acceptors (Lipinski definition) is 4. The number of amides is 4. The van der Waals surface area contributed by atoms with E-state index in [0.717, 1.165) is 17.5 Å². The van der Waals surface area contributed by atoms with E-state index in [1.165, 1.54) is 0 Å². The minimum Gasteiger partial charge on any atom is -0.465 e. The van der Waals surface area contributed by atoms with Crippen molar-refractivity contribution in [1.82, 2.24) is 20.9 Å². The zero-order valence-corrected chi connectivity index (χ0v) is 21.5. The molecule has 0 bridgehead atoms. The summed E-state index contributed by atoms with van der Waals surface area (Å²) in [5.41, 5.74) is 1.86. The van der Waals surface area contributed by atoms with E-state index in [1.807, 2.05) is 74.5 Å². The molecule has 1 saturated heterocycles. The van der Waals surface area contributed by atoms with Crippen LogP contribution in [0.2, 0.25) is 0 Å². The van der Waals surface area contributed by atoms with Crippen LogP contribution in [0.3, 0.4) is 0 Å². The van der Waals surface area contributed by atoms with Gasteiger partial charge in [-0.15, -0.1) is 0 Å². The molecule has 9 heteroatoms. The van der Waals surface area contributed by atoms with E-state index >= 15 is 0 Å². The van der Waals surface area contributed by atoms with Crippen molar-refractivity contribution in [3.8, 4) is 0 Å². The Bertz CT molecular complexity index is 1020. The summed E-state index contributed by atoms with van der Waals surface area (Å²) in [5, 5.41) is 28.9. The lowest BCUT2D eigenvalue weighted by molar-refractivity contribution is -0.128. The molecule has 1 aliphatic heterocycles. The van der Waals surface area contributed by atoms with E-state index in [0.29, 0.717) is 25.9 Å². The van der Waals surface area contributed by atoms with Crippen molar-refractivity contribution >= 4 is 18.0 Å². The predicted octanol–water partition coefficient (Wildman–Crippen LogP) is 2.78. The lowest BCUT2D eigenvalue weighted by Crippen LogP contribution is -2.59. The number of hydrogen-bond donors (Lipinski definition) is 5. The van der Waals surface area contributed by atoms with E-state index < -0.39 is 30.3 Å². The van der Waals surface area contributed by atoms with Gasteiger partial charge in [0.05, 0.1) is 12.1 Å². The first-order valence-electron chi connectivity index (χ1n) is 12.8. The fourth-order valence-corrected chi connectivity index (χ4v) is 4.86. The minimum absolute atomic E-state index is 0.120. The molecule has 1 heterocycles. The molecule has 0 aromatic heterocycles. The summed E-state index contributed by atoms with van der Waals surface area (Å²) in [6, 6.07) is 16.8. The lowest BCUT2D eigenvalue weighted by Gasteiger charge is -2.37. The zero-order valence-electron chi connectivity index (χ0n) is 21.5. The predicted molar refractivity (Wildman–Crippen MR) is 141 cm³/mol. The van der Waals surface area contributed by atoms with Crippen LogP contribution in [0.25, 0.3) is 0 Å². The highest BCUT2D eigenvalue weighted by Gasteiger charge is 2.35. The first kappa shape index (κ1) is 28.0. The average molecular weight is 511 g/mol. The summed E-state index contributed by atoms with van der Waals surface area (Å²) in [6.07, 6.45) is -0.624. The van der Waals surface area contributed by atoms with Gasteiger partial charge in [0.15, 0.2) is 0 Å². The molecular weight excluding hydrogens is 472 g/mol. The van der Waals surface area contributed by atoms with Crippen molar-refractivity contribution in [1.29, 1.82) is 0 Å². The molecule has 4 amide bonds. The van der Waals surface area contributed by atoms with Crippen molar-refractivity contribution < 1.29 is 24.6 Å². The summed E-state index contributed by atoms with van der Waals surface area (Å²) in [6.45, 7) is 4.89. The maximum absolute atomic E-state index is 13.5. The summed E-state index contributed by atoms with van der Waals surface area (Å²) >= 11 is 0. The molecule has 200 valence electrons. The number of nitrogens with one attached hydrogen (secondary N) is 3. The zero-order chi connectivity index (χ0) is 26.8. The van der Waals surface area contributed by atoms with Crippen LogP contribution in [0, 0.1) is 5.92 Å². The standard InChI is InChI=1S/C28H38N4O5/c1-19(2)25(32-15-9-14-29-27(32)35)26(34)30-22(16-20-10-5-3-6-11-20)18-24(33)23(31-28(36)37)17-21-12-7-4-8-13-21/h3-8,10-13,19,22-25,31,33H,9,14-18H2,1-2H3,(H,29,35)(H,30,34)(H,36,37)/t22?,23?,24?,25-/m0/s1. The Kier molecular flexibility index (Phi) is 10.3. The second kappa shape index (κ2) is 13.6. The van der Waals surface area contributed by atoms with Gasteiger partial charge >= 0.3 is 12.1 Å². The third-order valence-corrected chi connectivity index (χ3v) is 6.62. The van der Waals surface area contributed by atoms with Gasteiger partial charge in [0.1, 0.15) is 6.04 Å². The molecule has 3 unspecified atom stereocenters. The van der Waals surface area contributed by atoms with E-state index in [9.17, 15) is 24.6 Å². The molecule has 3 rings (SSSR count). The molecule has 9 nitrogen and oxygen atoms in total. The Hall–Kier alpha value is -3.59. The number of aliphatic hydroxyl groups excluding tert-OH is 1. The van der Waals surface area contributed by atoms with Crippen LogP contribution >= 0.6 is 0 Å². The van der Waals surface area contributed by atoms with Crippen LogP contribution in [-0.4, -0.2) is 70.5 Å². The molecule has 37 heavy (non-hydrogen) atoms. The van der Waals surface area contributed by atoms with Crippen molar-refractivity contribution in [3.05, 3.63) is 71.8 Å². The Labute approximate surface area is 218 Å². The number of nitrogens with zero attached hydrogens (tertiary/aromatic N) is 1. The molecule has 1 fully saturated rings. The van der Waals surface area contributed by atoms with Crippen LogP contribution in [0.1, 0.15) is 37.8 Å². The molecule has 5 N–H and O–H groups in total. The number of carbonyl (C=O) groups excluding carboxylic acids is 2. The van der Waals surface area contributed by atoms with Gasteiger partial charge in [0.2, 0.25) is 5.91 Å². The number of urea groups is 1. The Morgan fingerprint density at radius 1 is 0.973 bits per heavy atom. The topological polar surface area (TPSA) is 131 Å². The summed E-state index contributed by atoms with van der Waals surface area (Å²) in [5.74, 6) is -0.406. The average Bonchev–Trinajstić information content (AvgIpc) is 2.85. The molecular formula is C28H38N4O5. The Morgan fingerprint density at radius 3 is 2.11 bits per heavy atom. The van der Waals surface area contributed by atoms with Gasteiger partial charge in [-0.2, -0.15) is 0 Å². The molecule has 1 aliphatic rings. The van der Waals surface area contributed by atoms with Gasteiger partial charge in [-0.3, -0.25) is 4.79 Å². The van der Waals surface area contributed by atoms with Crippen LogP contribution in [0.4, 0.5) is 9.59 Å². The number of benzene rings is 2. The molecule has 0 radical (unpaired) electrons. The first-order chi connectivity index (χ1) is 17.7. The van der Waals surface area contributed by atoms with Crippen molar-refractivity contribution in [2.24, 2.45) is 5.92 Å². The molecule has 0 aliphatic carbocycles. The smallest absolute Gasteiger partial charge is 0.404 e. The second-order valence-electron chi connectivity index (χ2n) is 9.91. The highest BCUT2D eigenvalue weighted by molar-refractivity contribution is 5.87. The van der Waals surface area contributed by atoms with Crippen molar-refractivity contribution in [3.63, 3.8) is 0 Å². The number of carbonyl (C=O) groups is 3. The first-order valence-corrected chi connectivity index (χ1v) is 12.8. The highest BCUT2D eigenvalue weighted by atomic mass is 16.4. The van der Waals surface area contributed by atoms with E-state index in [2.05, 4.69) is 16.0 Å². The maximum Gasteiger partial charge on any atom is 0.404 e. The fraction of sp³-hybridized carbons (Fsp3) is 0.464. The van der Waals surface area contributed by atoms with E-state index in [-0.39, 0.29) is 24.3 Å². The van der Waals surface area contributed by atoms with Crippen LogP contribution in [0.15, 0.2) is 60.7 Å². The van der Waals surface area contributed by atoms with Gasteiger partial charge in [0.25, 0.3) is 0 Å². The molecule has 2 aromatic rings. The maximum atomic E-state index is 13.5. The monoisotopic (exact) mass is 510 g/mol. The lowest BCUT2D eigenvalue weighted by atomic mass is 9.93. The van der Waals surface area contributed by atoms with Gasteiger partial charge in [-0.25, -0.2) is 9.59 Å². The summed E-state index contributed by atoms with van der Waals surface area (Å²) < 4.78 is 0. The van der Waals surface area contributed by atoms with Gasteiger partial charge in [0, 0.05) is 19.1 Å². The largest absolute Gasteiger partial charge is 0.465 e. The van der Waals surface area contributed by atoms with Gasteiger partial charge in [-0.1, -0.05) is 74.5 Å². The molecule has 4 atom stereocenters. The summed E-state index contributed by atoms with van der Waals surface area (Å²) in [7, 11) is 0. The normalized spacial score (nSPS) is 16.9. The van der Waals surface area contributed by atoms with Gasteiger partial charge in [-0.05, 0) is 42.7 Å². The summed E-state index contributed by atoms with van der Waals surface area (Å²) in [4.78, 5) is 39.1.